The number of nitrogens with zero attached hydrogens (tertiary/aromatic N) is 2. The van der Waals surface area contributed by atoms with Gasteiger partial charge in [-0.15, -0.1) is 0 Å². The molecule has 0 unspecified atom stereocenters. The van der Waals surface area contributed by atoms with Crippen molar-refractivity contribution in [1.29, 1.82) is 0 Å². The van der Waals surface area contributed by atoms with Gasteiger partial charge in [-0.25, -0.2) is 4.79 Å². The molecule has 0 aliphatic carbocycles. The highest BCUT2D eigenvalue weighted by molar-refractivity contribution is 6.33. The van der Waals surface area contributed by atoms with Gasteiger partial charge in [0, 0.05) is 18.3 Å². The number of halogens is 1. The van der Waals surface area contributed by atoms with E-state index in [9.17, 15) is 14.7 Å². The van der Waals surface area contributed by atoms with E-state index in [1.165, 1.54) is 0 Å². The number of aromatic nitrogens is 1. The summed E-state index contributed by atoms with van der Waals surface area (Å²) < 4.78 is 6.02. The van der Waals surface area contributed by atoms with Crippen molar-refractivity contribution < 1.29 is 19.4 Å². The Morgan fingerprint density at radius 2 is 1.86 bits per heavy atom. The van der Waals surface area contributed by atoms with Crippen molar-refractivity contribution in [2.75, 3.05) is 0 Å². The number of carboxylic acid groups (broad SMARTS) is 1. The van der Waals surface area contributed by atoms with Crippen molar-refractivity contribution in [2.45, 2.75) is 19.7 Å². The first-order valence-electron chi connectivity index (χ1n) is 11.0. The largest absolute Gasteiger partial charge is 0.489 e. The maximum atomic E-state index is 12.8. The average Bonchev–Trinajstić information content (AvgIpc) is 3.18. The van der Waals surface area contributed by atoms with E-state index < -0.39 is 5.97 Å². The second-order valence-corrected chi connectivity index (χ2v) is 8.70. The van der Waals surface area contributed by atoms with E-state index in [2.05, 4.69) is 4.98 Å². The topological polar surface area (TPSA) is 79.7 Å². The SMILES string of the molecule is O=C(O)c1cc(-c2cccc(COc3ccc4c(c3)CN(Cc3ccccn3)C4=O)c2)ccc1Cl. The molecule has 6 nitrogen and oxygen atoms in total. The summed E-state index contributed by atoms with van der Waals surface area (Å²) in [5, 5.41) is 9.55. The summed E-state index contributed by atoms with van der Waals surface area (Å²) in [5.41, 5.74) is 5.10. The third-order valence-corrected chi connectivity index (χ3v) is 6.23. The molecular weight excluding hydrogens is 464 g/mol. The van der Waals surface area contributed by atoms with E-state index in [1.807, 2.05) is 60.7 Å². The molecule has 35 heavy (non-hydrogen) atoms. The molecule has 1 aromatic heterocycles. The molecule has 0 saturated carbocycles. The lowest BCUT2D eigenvalue weighted by molar-refractivity contribution is 0.0696. The van der Waals surface area contributed by atoms with E-state index in [1.54, 1.807) is 29.3 Å². The van der Waals surface area contributed by atoms with Gasteiger partial charge < -0.3 is 14.7 Å². The second kappa shape index (κ2) is 9.60. The highest BCUT2D eigenvalue weighted by Crippen LogP contribution is 2.29. The maximum absolute atomic E-state index is 12.8. The lowest BCUT2D eigenvalue weighted by Crippen LogP contribution is -2.23. The van der Waals surface area contributed by atoms with Crippen LogP contribution in [0.15, 0.2) is 85.1 Å². The highest BCUT2D eigenvalue weighted by atomic mass is 35.5. The van der Waals surface area contributed by atoms with Crippen LogP contribution in [-0.4, -0.2) is 26.9 Å². The van der Waals surface area contributed by atoms with Crippen LogP contribution in [-0.2, 0) is 19.7 Å². The fraction of sp³-hybridized carbons (Fsp3) is 0.107. The Hall–Kier alpha value is -4.16. The third-order valence-electron chi connectivity index (χ3n) is 5.90. The van der Waals surface area contributed by atoms with Gasteiger partial charge in [0.1, 0.15) is 12.4 Å². The summed E-state index contributed by atoms with van der Waals surface area (Å²) in [6.07, 6.45) is 1.72. The minimum atomic E-state index is -1.06. The molecule has 174 valence electrons. The van der Waals surface area contributed by atoms with Gasteiger partial charge in [-0.2, -0.15) is 0 Å². The van der Waals surface area contributed by atoms with Crippen molar-refractivity contribution in [2.24, 2.45) is 0 Å². The molecular formula is C28H21ClN2O4. The lowest BCUT2D eigenvalue weighted by atomic mass is 10.0. The number of carbonyl (C=O) groups excluding carboxylic acids is 1. The summed E-state index contributed by atoms with van der Waals surface area (Å²) in [4.78, 5) is 30.3. The number of ether oxygens (including phenoxy) is 1. The summed E-state index contributed by atoms with van der Waals surface area (Å²) in [5.74, 6) is -0.389. The van der Waals surface area contributed by atoms with Crippen LogP contribution < -0.4 is 4.74 Å². The van der Waals surface area contributed by atoms with Crippen LogP contribution >= 0.6 is 11.6 Å². The van der Waals surface area contributed by atoms with Crippen LogP contribution in [0.3, 0.4) is 0 Å². The molecule has 0 radical (unpaired) electrons. The van der Waals surface area contributed by atoms with Gasteiger partial charge >= 0.3 is 5.97 Å². The number of rotatable bonds is 7. The van der Waals surface area contributed by atoms with Gasteiger partial charge in [0.25, 0.3) is 5.91 Å². The molecule has 1 N–H and O–H groups in total. The molecule has 0 saturated heterocycles. The molecule has 1 aliphatic rings. The second-order valence-electron chi connectivity index (χ2n) is 8.29. The van der Waals surface area contributed by atoms with Gasteiger partial charge in [-0.3, -0.25) is 9.78 Å². The van der Waals surface area contributed by atoms with Gasteiger partial charge in [-0.05, 0) is 70.8 Å². The summed E-state index contributed by atoms with van der Waals surface area (Å²) in [7, 11) is 0. The molecule has 2 heterocycles. The number of fused-ring (bicyclic) bond motifs is 1. The Balaban J connectivity index is 1.28. The van der Waals surface area contributed by atoms with Crippen LogP contribution in [0.5, 0.6) is 5.75 Å². The Morgan fingerprint density at radius 1 is 1.00 bits per heavy atom. The van der Waals surface area contributed by atoms with Crippen molar-refractivity contribution in [3.63, 3.8) is 0 Å². The molecule has 3 aromatic carbocycles. The number of hydrogen-bond donors (Lipinski definition) is 1. The fourth-order valence-electron chi connectivity index (χ4n) is 4.14. The van der Waals surface area contributed by atoms with Crippen molar-refractivity contribution in [3.05, 3.63) is 118 Å². The first-order valence-corrected chi connectivity index (χ1v) is 11.4. The molecule has 0 spiro atoms. The number of amides is 1. The summed E-state index contributed by atoms with van der Waals surface area (Å²) >= 11 is 6.00. The maximum Gasteiger partial charge on any atom is 0.337 e. The standard InChI is InChI=1S/C28H21ClN2O4/c29-26-10-7-20(14-25(26)28(33)34)19-5-3-4-18(12-19)17-35-23-8-9-24-21(13-23)15-31(27(24)32)16-22-6-1-2-11-30-22/h1-14H,15-17H2,(H,33,34). The predicted molar refractivity (Wildman–Crippen MR) is 132 cm³/mol. The lowest BCUT2D eigenvalue weighted by Gasteiger charge is -2.14. The number of aromatic carboxylic acids is 1. The average molecular weight is 485 g/mol. The van der Waals surface area contributed by atoms with Crippen molar-refractivity contribution in [3.8, 4) is 16.9 Å². The van der Waals surface area contributed by atoms with Crippen LogP contribution in [0.2, 0.25) is 5.02 Å². The molecule has 0 bridgehead atoms. The zero-order valence-corrected chi connectivity index (χ0v) is 19.4. The number of benzene rings is 3. The van der Waals surface area contributed by atoms with E-state index in [0.717, 1.165) is 27.9 Å². The van der Waals surface area contributed by atoms with Crippen LogP contribution in [0.25, 0.3) is 11.1 Å². The number of carbonyl (C=O) groups is 2. The highest BCUT2D eigenvalue weighted by Gasteiger charge is 2.27. The quantitative estimate of drug-likeness (QED) is 0.356. The Bertz CT molecular complexity index is 1420. The molecule has 0 atom stereocenters. The van der Waals surface area contributed by atoms with Gasteiger partial charge in [0.15, 0.2) is 0 Å². The zero-order chi connectivity index (χ0) is 24.4. The van der Waals surface area contributed by atoms with E-state index >= 15 is 0 Å². The Morgan fingerprint density at radius 3 is 2.66 bits per heavy atom. The zero-order valence-electron chi connectivity index (χ0n) is 18.6. The first kappa shape index (κ1) is 22.6. The van der Waals surface area contributed by atoms with Crippen molar-refractivity contribution in [1.82, 2.24) is 9.88 Å². The number of hydrogen-bond acceptors (Lipinski definition) is 4. The smallest absolute Gasteiger partial charge is 0.337 e. The molecule has 0 fully saturated rings. The summed E-state index contributed by atoms with van der Waals surface area (Å²) in [6, 6.07) is 23.9. The first-order chi connectivity index (χ1) is 17.0. The molecule has 5 rings (SSSR count). The van der Waals surface area contributed by atoms with Crippen LogP contribution in [0.1, 0.15) is 37.5 Å². The fourth-order valence-corrected chi connectivity index (χ4v) is 4.34. The summed E-state index contributed by atoms with van der Waals surface area (Å²) in [6.45, 7) is 1.31. The minimum Gasteiger partial charge on any atom is -0.489 e. The molecule has 1 aliphatic heterocycles. The number of pyridine rings is 1. The monoisotopic (exact) mass is 484 g/mol. The Labute approximate surface area is 207 Å². The van der Waals surface area contributed by atoms with E-state index in [4.69, 9.17) is 16.3 Å². The predicted octanol–water partition coefficient (Wildman–Crippen LogP) is 5.84. The molecule has 7 heteroatoms. The number of carboxylic acids is 1. The van der Waals surface area contributed by atoms with Crippen LogP contribution in [0, 0.1) is 0 Å². The van der Waals surface area contributed by atoms with E-state index in [-0.39, 0.29) is 16.5 Å². The van der Waals surface area contributed by atoms with Gasteiger partial charge in [0.05, 0.1) is 22.8 Å². The van der Waals surface area contributed by atoms with Crippen LogP contribution in [0.4, 0.5) is 0 Å². The molecule has 1 amide bonds. The Kier molecular flexibility index (Phi) is 6.21. The van der Waals surface area contributed by atoms with E-state index in [0.29, 0.717) is 31.0 Å². The molecule has 4 aromatic rings. The normalized spacial score (nSPS) is 12.5. The van der Waals surface area contributed by atoms with Gasteiger partial charge in [0.2, 0.25) is 0 Å². The third kappa shape index (κ3) is 4.88. The minimum absolute atomic E-state index is 0.00593. The van der Waals surface area contributed by atoms with Gasteiger partial charge in [-0.1, -0.05) is 41.9 Å². The van der Waals surface area contributed by atoms with Crippen molar-refractivity contribution >= 4 is 23.5 Å².